The predicted octanol–water partition coefficient (Wildman–Crippen LogP) is 0.941. The standard InChI is InChI=1S/C14H20N2O3/c17-14(10-16-5-1-2-6-16)15-11-3-4-12-13(9-11)19-8-7-18-12/h1-2,5-6,11-13H,3-4,7-10H2,(H,15,17)/t11-,12+,13-/m1/s1. The van der Waals surface area contributed by atoms with Crippen molar-refractivity contribution in [1.29, 1.82) is 0 Å². The van der Waals surface area contributed by atoms with Crippen molar-refractivity contribution in [1.82, 2.24) is 9.88 Å². The number of amides is 1. The molecule has 2 fully saturated rings. The molecule has 0 unspecified atom stereocenters. The molecule has 5 nitrogen and oxygen atoms in total. The number of carbonyl (C=O) groups is 1. The number of carbonyl (C=O) groups excluding carboxylic acids is 1. The predicted molar refractivity (Wildman–Crippen MR) is 69.7 cm³/mol. The lowest BCUT2D eigenvalue weighted by molar-refractivity contribution is -0.158. The summed E-state index contributed by atoms with van der Waals surface area (Å²) in [5, 5.41) is 3.09. The molecule has 2 heterocycles. The van der Waals surface area contributed by atoms with Crippen molar-refractivity contribution in [3.63, 3.8) is 0 Å². The Hall–Kier alpha value is -1.33. The van der Waals surface area contributed by atoms with Crippen LogP contribution < -0.4 is 5.32 Å². The summed E-state index contributed by atoms with van der Waals surface area (Å²) in [6.45, 7) is 1.76. The largest absolute Gasteiger partial charge is 0.373 e. The van der Waals surface area contributed by atoms with Crippen LogP contribution in [0.5, 0.6) is 0 Å². The molecule has 1 amide bonds. The van der Waals surface area contributed by atoms with E-state index in [0.717, 1.165) is 19.3 Å². The van der Waals surface area contributed by atoms with E-state index >= 15 is 0 Å². The highest BCUT2D eigenvalue weighted by atomic mass is 16.6. The first kappa shape index (κ1) is 12.7. The molecule has 0 radical (unpaired) electrons. The maximum atomic E-state index is 11.9. The van der Waals surface area contributed by atoms with Crippen molar-refractivity contribution >= 4 is 5.91 Å². The zero-order chi connectivity index (χ0) is 13.1. The molecule has 1 aromatic rings. The lowest BCUT2D eigenvalue weighted by Gasteiger charge is -2.39. The first-order chi connectivity index (χ1) is 9.31. The second-order valence-corrected chi connectivity index (χ2v) is 5.25. The third-order valence-electron chi connectivity index (χ3n) is 3.84. The normalized spacial score (nSPS) is 30.6. The van der Waals surface area contributed by atoms with E-state index in [1.807, 2.05) is 29.1 Å². The van der Waals surface area contributed by atoms with Gasteiger partial charge in [-0.1, -0.05) is 0 Å². The number of fused-ring (bicyclic) bond motifs is 1. The number of hydrogen-bond acceptors (Lipinski definition) is 3. The SMILES string of the molecule is O=C(Cn1cccc1)N[C@@H]1CC[C@@H]2OCCO[C@@H]2C1. The van der Waals surface area contributed by atoms with Crippen LogP contribution in [0.1, 0.15) is 19.3 Å². The van der Waals surface area contributed by atoms with Crippen molar-refractivity contribution in [3.8, 4) is 0 Å². The van der Waals surface area contributed by atoms with Gasteiger partial charge >= 0.3 is 0 Å². The molecule has 1 aliphatic carbocycles. The average molecular weight is 264 g/mol. The smallest absolute Gasteiger partial charge is 0.240 e. The van der Waals surface area contributed by atoms with E-state index in [-0.39, 0.29) is 24.2 Å². The molecule has 1 saturated carbocycles. The van der Waals surface area contributed by atoms with Crippen LogP contribution >= 0.6 is 0 Å². The van der Waals surface area contributed by atoms with Crippen molar-refractivity contribution in [3.05, 3.63) is 24.5 Å². The molecule has 1 N–H and O–H groups in total. The van der Waals surface area contributed by atoms with Crippen molar-refractivity contribution in [2.75, 3.05) is 13.2 Å². The van der Waals surface area contributed by atoms with Crippen LogP contribution in [0.25, 0.3) is 0 Å². The van der Waals surface area contributed by atoms with Gasteiger partial charge in [0.2, 0.25) is 5.91 Å². The van der Waals surface area contributed by atoms with Crippen LogP contribution in [-0.2, 0) is 20.8 Å². The molecule has 0 aromatic carbocycles. The minimum Gasteiger partial charge on any atom is -0.373 e. The van der Waals surface area contributed by atoms with Crippen LogP contribution in [0.2, 0.25) is 0 Å². The summed E-state index contributed by atoms with van der Waals surface area (Å²) in [6.07, 6.45) is 6.98. The fourth-order valence-corrected chi connectivity index (χ4v) is 2.91. The molecule has 1 saturated heterocycles. The molecule has 3 rings (SSSR count). The third-order valence-corrected chi connectivity index (χ3v) is 3.84. The van der Waals surface area contributed by atoms with Gasteiger partial charge in [-0.25, -0.2) is 0 Å². The number of ether oxygens (including phenoxy) is 2. The van der Waals surface area contributed by atoms with Gasteiger partial charge in [0.25, 0.3) is 0 Å². The Morgan fingerprint density at radius 3 is 2.68 bits per heavy atom. The maximum absolute atomic E-state index is 11.9. The van der Waals surface area contributed by atoms with Gasteiger partial charge < -0.3 is 19.4 Å². The van der Waals surface area contributed by atoms with Crippen LogP contribution in [-0.4, -0.2) is 41.9 Å². The summed E-state index contributed by atoms with van der Waals surface area (Å²) in [5.41, 5.74) is 0. The van der Waals surface area contributed by atoms with Gasteiger partial charge in [0.1, 0.15) is 6.54 Å². The highest BCUT2D eigenvalue weighted by Crippen LogP contribution is 2.26. The van der Waals surface area contributed by atoms with Crippen molar-refractivity contribution < 1.29 is 14.3 Å². The Morgan fingerprint density at radius 1 is 1.16 bits per heavy atom. The molecule has 0 bridgehead atoms. The fourth-order valence-electron chi connectivity index (χ4n) is 2.91. The number of nitrogens with zero attached hydrogens (tertiary/aromatic N) is 1. The molecule has 104 valence electrons. The fraction of sp³-hybridized carbons (Fsp3) is 0.643. The van der Waals surface area contributed by atoms with Gasteiger partial charge in [-0.2, -0.15) is 0 Å². The minimum absolute atomic E-state index is 0.0661. The molecular formula is C14H20N2O3. The highest BCUT2D eigenvalue weighted by Gasteiger charge is 2.34. The number of aromatic nitrogens is 1. The zero-order valence-electron chi connectivity index (χ0n) is 11.0. The third kappa shape index (κ3) is 3.16. The van der Waals surface area contributed by atoms with Gasteiger partial charge in [-0.3, -0.25) is 4.79 Å². The van der Waals surface area contributed by atoms with Crippen LogP contribution in [0.4, 0.5) is 0 Å². The molecule has 3 atom stereocenters. The average Bonchev–Trinajstić information content (AvgIpc) is 2.91. The number of nitrogens with one attached hydrogen (secondary N) is 1. The monoisotopic (exact) mass is 264 g/mol. The molecule has 1 aliphatic heterocycles. The van der Waals surface area contributed by atoms with Gasteiger partial charge in [-0.05, 0) is 31.4 Å². The maximum Gasteiger partial charge on any atom is 0.240 e. The summed E-state index contributed by atoms with van der Waals surface area (Å²) >= 11 is 0. The summed E-state index contributed by atoms with van der Waals surface area (Å²) in [6, 6.07) is 4.06. The highest BCUT2D eigenvalue weighted by molar-refractivity contribution is 5.76. The molecule has 5 heteroatoms. The van der Waals surface area contributed by atoms with E-state index < -0.39 is 0 Å². The van der Waals surface area contributed by atoms with Crippen LogP contribution in [0.15, 0.2) is 24.5 Å². The van der Waals surface area contributed by atoms with E-state index in [1.165, 1.54) is 0 Å². The molecular weight excluding hydrogens is 244 g/mol. The van der Waals surface area contributed by atoms with E-state index in [4.69, 9.17) is 9.47 Å². The van der Waals surface area contributed by atoms with Gasteiger partial charge in [0.15, 0.2) is 0 Å². The van der Waals surface area contributed by atoms with Crippen molar-refractivity contribution in [2.45, 2.75) is 44.1 Å². The quantitative estimate of drug-likeness (QED) is 0.884. The van der Waals surface area contributed by atoms with Crippen molar-refractivity contribution in [2.24, 2.45) is 0 Å². The molecule has 1 aromatic heterocycles. The van der Waals surface area contributed by atoms with Crippen LogP contribution in [0.3, 0.4) is 0 Å². The Kier molecular flexibility index (Phi) is 3.84. The van der Waals surface area contributed by atoms with Gasteiger partial charge in [0, 0.05) is 18.4 Å². The lowest BCUT2D eigenvalue weighted by Crippen LogP contribution is -2.49. The number of rotatable bonds is 3. The van der Waals surface area contributed by atoms with Gasteiger partial charge in [0.05, 0.1) is 25.4 Å². The molecule has 19 heavy (non-hydrogen) atoms. The Balaban J connectivity index is 1.49. The first-order valence-corrected chi connectivity index (χ1v) is 6.94. The van der Waals surface area contributed by atoms with E-state index in [0.29, 0.717) is 19.8 Å². The van der Waals surface area contributed by atoms with E-state index in [9.17, 15) is 4.79 Å². The minimum atomic E-state index is 0.0661. The molecule has 0 spiro atoms. The Bertz CT molecular complexity index is 418. The summed E-state index contributed by atoms with van der Waals surface area (Å²) in [7, 11) is 0. The second-order valence-electron chi connectivity index (χ2n) is 5.25. The lowest BCUT2D eigenvalue weighted by atomic mass is 9.89. The Morgan fingerprint density at radius 2 is 1.89 bits per heavy atom. The topological polar surface area (TPSA) is 52.5 Å². The summed E-state index contributed by atoms with van der Waals surface area (Å²) in [4.78, 5) is 11.9. The summed E-state index contributed by atoms with van der Waals surface area (Å²) < 4.78 is 13.3. The van der Waals surface area contributed by atoms with E-state index in [2.05, 4.69) is 5.32 Å². The Labute approximate surface area is 112 Å². The van der Waals surface area contributed by atoms with E-state index in [1.54, 1.807) is 0 Å². The molecule has 2 aliphatic rings. The van der Waals surface area contributed by atoms with Crippen LogP contribution in [0, 0.1) is 0 Å². The summed E-state index contributed by atoms with van der Waals surface area (Å²) in [5.74, 6) is 0.0661. The first-order valence-electron chi connectivity index (χ1n) is 6.94. The van der Waals surface area contributed by atoms with Gasteiger partial charge in [-0.15, -0.1) is 0 Å². The number of hydrogen-bond donors (Lipinski definition) is 1. The second kappa shape index (κ2) is 5.75. The zero-order valence-corrected chi connectivity index (χ0v) is 11.0.